The number of nitrogens with zero attached hydrogens (tertiary/aromatic N) is 8. The van der Waals surface area contributed by atoms with Gasteiger partial charge in [0.25, 0.3) is 6.43 Å². The standard InChI is InChI=1S/C24H32F2N8O2/c1-16-17(2)36-15-13-33(16)23-28-22(32-11-9-31(10-12-32)8-5-14-35)29-24(30-23)34-19-7-4-3-6-18(19)27-21(34)20(25)26/h3-4,6-7,16-17,20,35H,5,8-15H2,1-2H3/t16-,17-/m1/s1. The lowest BCUT2D eigenvalue weighted by Gasteiger charge is -2.38. The molecule has 0 amide bonds. The fourth-order valence-electron chi connectivity index (χ4n) is 4.80. The highest BCUT2D eigenvalue weighted by atomic mass is 19.3. The van der Waals surface area contributed by atoms with E-state index in [4.69, 9.17) is 24.8 Å². The van der Waals surface area contributed by atoms with E-state index < -0.39 is 12.2 Å². The number of imidazole rings is 1. The van der Waals surface area contributed by atoms with Crippen LogP contribution in [0.25, 0.3) is 17.0 Å². The highest BCUT2D eigenvalue weighted by molar-refractivity contribution is 5.77. The zero-order chi connectivity index (χ0) is 25.2. The molecular formula is C24H32F2N8O2. The Balaban J connectivity index is 1.57. The number of aliphatic hydroxyl groups is 1. The highest BCUT2D eigenvalue weighted by Gasteiger charge is 2.31. The van der Waals surface area contributed by atoms with Gasteiger partial charge >= 0.3 is 0 Å². The lowest BCUT2D eigenvalue weighted by atomic mass is 10.1. The number of benzene rings is 1. The van der Waals surface area contributed by atoms with Crippen LogP contribution in [-0.4, -0.2) is 99.1 Å². The fraction of sp³-hybridized carbons (Fsp3) is 0.583. The van der Waals surface area contributed by atoms with Gasteiger partial charge < -0.3 is 19.6 Å². The van der Waals surface area contributed by atoms with E-state index in [1.54, 1.807) is 24.3 Å². The van der Waals surface area contributed by atoms with Crippen LogP contribution < -0.4 is 9.80 Å². The smallest absolute Gasteiger partial charge is 0.296 e. The van der Waals surface area contributed by atoms with Crippen molar-refractivity contribution in [3.05, 3.63) is 30.1 Å². The summed E-state index contributed by atoms with van der Waals surface area (Å²) in [5.74, 6) is 0.643. The van der Waals surface area contributed by atoms with Gasteiger partial charge in [-0.15, -0.1) is 0 Å². The van der Waals surface area contributed by atoms with Crippen LogP contribution in [0.4, 0.5) is 20.7 Å². The van der Waals surface area contributed by atoms with Crippen LogP contribution in [0.5, 0.6) is 0 Å². The summed E-state index contributed by atoms with van der Waals surface area (Å²) in [6, 6.07) is 7.02. The van der Waals surface area contributed by atoms with Gasteiger partial charge in [-0.1, -0.05) is 12.1 Å². The number of piperazine rings is 1. The van der Waals surface area contributed by atoms with Gasteiger partial charge in [0.1, 0.15) is 0 Å². The number of hydrogen-bond acceptors (Lipinski definition) is 9. The van der Waals surface area contributed by atoms with Gasteiger partial charge in [-0.2, -0.15) is 15.0 Å². The molecule has 10 nitrogen and oxygen atoms in total. The zero-order valence-corrected chi connectivity index (χ0v) is 20.6. The molecule has 0 bridgehead atoms. The SMILES string of the molecule is C[C@@H]1[C@@H](C)OCCN1c1nc(N2CCN(CCCO)CC2)nc(-n2c(C(F)F)nc3ccccc32)n1. The van der Waals surface area contributed by atoms with E-state index in [0.717, 1.165) is 26.1 Å². The van der Waals surface area contributed by atoms with Crippen molar-refractivity contribution in [2.24, 2.45) is 0 Å². The van der Waals surface area contributed by atoms with Crippen LogP contribution in [0.3, 0.4) is 0 Å². The van der Waals surface area contributed by atoms with Gasteiger partial charge in [-0.25, -0.2) is 13.8 Å². The number of hydrogen-bond donors (Lipinski definition) is 1. The normalized spacial score (nSPS) is 21.6. The largest absolute Gasteiger partial charge is 0.396 e. The van der Waals surface area contributed by atoms with E-state index in [0.29, 0.717) is 49.2 Å². The Kier molecular flexibility index (Phi) is 7.26. The number of rotatable bonds is 7. The van der Waals surface area contributed by atoms with Crippen molar-refractivity contribution in [2.75, 3.05) is 62.3 Å². The first-order valence-corrected chi connectivity index (χ1v) is 12.4. The van der Waals surface area contributed by atoms with Gasteiger partial charge in [0.15, 0.2) is 5.82 Å². The minimum absolute atomic E-state index is 0.00581. The third-order valence-corrected chi connectivity index (χ3v) is 7.01. The van der Waals surface area contributed by atoms with Crippen molar-refractivity contribution < 1.29 is 18.6 Å². The van der Waals surface area contributed by atoms with Crippen molar-refractivity contribution in [1.82, 2.24) is 29.4 Å². The van der Waals surface area contributed by atoms with Crippen molar-refractivity contribution in [1.29, 1.82) is 0 Å². The quantitative estimate of drug-likeness (QED) is 0.522. The molecule has 12 heteroatoms. The molecule has 0 aliphatic carbocycles. The maximum atomic E-state index is 14.1. The summed E-state index contributed by atoms with van der Waals surface area (Å²) >= 11 is 0. The van der Waals surface area contributed by atoms with Crippen LogP contribution in [0.2, 0.25) is 0 Å². The molecule has 2 saturated heterocycles. The van der Waals surface area contributed by atoms with E-state index in [-0.39, 0.29) is 24.7 Å². The van der Waals surface area contributed by atoms with E-state index in [1.807, 2.05) is 13.8 Å². The first-order valence-electron chi connectivity index (χ1n) is 12.4. The predicted molar refractivity (Wildman–Crippen MR) is 132 cm³/mol. The van der Waals surface area contributed by atoms with Crippen LogP contribution in [0.15, 0.2) is 24.3 Å². The van der Waals surface area contributed by atoms with E-state index >= 15 is 0 Å². The first kappa shape index (κ1) is 24.7. The number of anilines is 2. The monoisotopic (exact) mass is 502 g/mol. The summed E-state index contributed by atoms with van der Waals surface area (Å²) in [6.45, 7) is 9.16. The van der Waals surface area contributed by atoms with Crippen molar-refractivity contribution >= 4 is 22.9 Å². The molecule has 5 rings (SSSR count). The van der Waals surface area contributed by atoms with Crippen molar-refractivity contribution in [2.45, 2.75) is 38.8 Å². The van der Waals surface area contributed by atoms with E-state index in [2.05, 4.69) is 19.7 Å². The molecule has 0 spiro atoms. The van der Waals surface area contributed by atoms with E-state index in [9.17, 15) is 8.78 Å². The Morgan fingerprint density at radius 2 is 1.69 bits per heavy atom. The molecule has 2 aromatic heterocycles. The summed E-state index contributed by atoms with van der Waals surface area (Å²) in [6.07, 6.45) is -2.08. The Hall–Kier alpha value is -2.96. The number of aliphatic hydroxyl groups excluding tert-OH is 1. The molecule has 2 aliphatic rings. The molecule has 4 heterocycles. The molecule has 0 unspecified atom stereocenters. The van der Waals surface area contributed by atoms with Gasteiger partial charge in [-0.3, -0.25) is 9.47 Å². The number of para-hydroxylation sites is 2. The average molecular weight is 503 g/mol. The molecule has 0 radical (unpaired) electrons. The Bertz CT molecular complexity index is 1180. The molecular weight excluding hydrogens is 470 g/mol. The van der Waals surface area contributed by atoms with Crippen molar-refractivity contribution in [3.63, 3.8) is 0 Å². The number of ether oxygens (including phenoxy) is 1. The van der Waals surface area contributed by atoms with Crippen LogP contribution in [-0.2, 0) is 4.74 Å². The number of aromatic nitrogens is 5. The molecule has 2 aliphatic heterocycles. The summed E-state index contributed by atoms with van der Waals surface area (Å²) < 4.78 is 35.3. The molecule has 194 valence electrons. The lowest BCUT2D eigenvalue weighted by molar-refractivity contribution is 0.0277. The number of fused-ring (bicyclic) bond motifs is 1. The summed E-state index contributed by atoms with van der Waals surface area (Å²) in [5.41, 5.74) is 0.982. The van der Waals surface area contributed by atoms with Gasteiger partial charge in [0, 0.05) is 45.9 Å². The maximum Gasteiger partial charge on any atom is 0.296 e. The molecule has 1 N–H and O–H groups in total. The molecule has 1 aromatic carbocycles. The summed E-state index contributed by atoms with van der Waals surface area (Å²) in [4.78, 5) is 24.8. The van der Waals surface area contributed by atoms with Crippen LogP contribution >= 0.6 is 0 Å². The summed E-state index contributed by atoms with van der Waals surface area (Å²) in [7, 11) is 0. The second kappa shape index (κ2) is 10.6. The molecule has 3 aromatic rings. The molecule has 2 fully saturated rings. The van der Waals surface area contributed by atoms with Gasteiger partial charge in [-0.05, 0) is 32.4 Å². The average Bonchev–Trinajstić information content (AvgIpc) is 3.29. The summed E-state index contributed by atoms with van der Waals surface area (Å²) in [5, 5.41) is 9.14. The number of halogens is 2. The fourth-order valence-corrected chi connectivity index (χ4v) is 4.80. The minimum atomic E-state index is -2.79. The van der Waals surface area contributed by atoms with E-state index in [1.165, 1.54) is 4.57 Å². The minimum Gasteiger partial charge on any atom is -0.396 e. The predicted octanol–water partition coefficient (Wildman–Crippen LogP) is 2.27. The van der Waals surface area contributed by atoms with Gasteiger partial charge in [0.2, 0.25) is 17.8 Å². The lowest BCUT2D eigenvalue weighted by Crippen LogP contribution is -2.50. The molecule has 36 heavy (non-hydrogen) atoms. The third-order valence-electron chi connectivity index (χ3n) is 7.01. The number of morpholine rings is 1. The number of alkyl halides is 2. The maximum absolute atomic E-state index is 14.1. The molecule has 2 atom stereocenters. The highest BCUT2D eigenvalue weighted by Crippen LogP contribution is 2.29. The second-order valence-electron chi connectivity index (χ2n) is 9.25. The van der Waals surface area contributed by atoms with Gasteiger partial charge in [0.05, 0.1) is 29.8 Å². The van der Waals surface area contributed by atoms with Crippen LogP contribution in [0.1, 0.15) is 32.5 Å². The van der Waals surface area contributed by atoms with Crippen LogP contribution in [0, 0.1) is 0 Å². The Morgan fingerprint density at radius 1 is 0.972 bits per heavy atom. The zero-order valence-electron chi connectivity index (χ0n) is 20.6. The topological polar surface area (TPSA) is 95.7 Å². The third kappa shape index (κ3) is 4.84. The Morgan fingerprint density at radius 3 is 2.44 bits per heavy atom. The Labute approximate surface area is 208 Å². The first-order chi connectivity index (χ1) is 17.5. The van der Waals surface area contributed by atoms with Crippen molar-refractivity contribution in [3.8, 4) is 5.95 Å². The molecule has 0 saturated carbocycles. The second-order valence-corrected chi connectivity index (χ2v) is 9.25.